The van der Waals surface area contributed by atoms with E-state index in [-0.39, 0.29) is 6.10 Å². The molecule has 1 aromatic heterocycles. The van der Waals surface area contributed by atoms with Crippen LogP contribution < -0.4 is 15.4 Å². The number of nitrogen functional groups attached to an aromatic ring is 1. The molecular weight excluding hydrogens is 262 g/mol. The Kier molecular flexibility index (Phi) is 5.04. The molecule has 0 bridgehead atoms. The average Bonchev–Trinajstić information content (AvgIpc) is 2.47. The van der Waals surface area contributed by atoms with Crippen molar-refractivity contribution >= 4 is 11.5 Å². The molecule has 0 aliphatic rings. The predicted molar refractivity (Wildman–Crippen MR) is 87.8 cm³/mol. The summed E-state index contributed by atoms with van der Waals surface area (Å²) in [6.07, 6.45) is 1.04. The van der Waals surface area contributed by atoms with Gasteiger partial charge in [-0.1, -0.05) is 30.3 Å². The van der Waals surface area contributed by atoms with Crippen molar-refractivity contribution in [3.8, 4) is 5.88 Å². The van der Waals surface area contributed by atoms with Gasteiger partial charge in [-0.2, -0.15) is 4.98 Å². The van der Waals surface area contributed by atoms with Crippen LogP contribution in [0.15, 0.2) is 42.5 Å². The summed E-state index contributed by atoms with van der Waals surface area (Å²) in [6, 6.07) is 14.2. The molecule has 0 atom stereocenters. The van der Waals surface area contributed by atoms with Crippen LogP contribution in [-0.2, 0) is 6.42 Å². The van der Waals surface area contributed by atoms with E-state index in [2.05, 4.69) is 34.1 Å². The second-order valence-corrected chi connectivity index (χ2v) is 5.39. The van der Waals surface area contributed by atoms with Gasteiger partial charge in [0.1, 0.15) is 5.82 Å². The minimum absolute atomic E-state index is 0.0599. The van der Waals surface area contributed by atoms with Gasteiger partial charge in [0.15, 0.2) is 0 Å². The molecule has 21 heavy (non-hydrogen) atoms. The summed E-state index contributed by atoms with van der Waals surface area (Å²) in [6.45, 7) is 4.82. The van der Waals surface area contributed by atoms with Crippen LogP contribution in [0.2, 0.25) is 0 Å². The zero-order chi connectivity index (χ0) is 15.2. The minimum Gasteiger partial charge on any atom is -0.473 e. The van der Waals surface area contributed by atoms with Gasteiger partial charge in [-0.25, -0.2) is 0 Å². The van der Waals surface area contributed by atoms with E-state index in [9.17, 15) is 0 Å². The van der Waals surface area contributed by atoms with E-state index >= 15 is 0 Å². The van der Waals surface area contributed by atoms with Crippen LogP contribution in [0.5, 0.6) is 5.88 Å². The molecular formula is C17H23N3O. The third kappa shape index (κ3) is 4.38. The van der Waals surface area contributed by atoms with Crippen LogP contribution in [0, 0.1) is 0 Å². The third-order valence-corrected chi connectivity index (χ3v) is 3.19. The monoisotopic (exact) mass is 285 g/mol. The second-order valence-electron chi connectivity index (χ2n) is 5.39. The molecule has 2 N–H and O–H groups in total. The number of nitrogens with zero attached hydrogens (tertiary/aromatic N) is 2. The first-order valence-corrected chi connectivity index (χ1v) is 7.24. The van der Waals surface area contributed by atoms with E-state index in [1.165, 1.54) is 5.56 Å². The molecule has 0 saturated carbocycles. The maximum atomic E-state index is 5.90. The standard InChI is InChI=1S/C17H23N3O/c1-13(2)21-17-15(18)9-10-16(19-17)20(3)12-11-14-7-5-4-6-8-14/h4-10,13H,11-12,18H2,1-3H3. The largest absolute Gasteiger partial charge is 0.473 e. The second kappa shape index (κ2) is 6.97. The Balaban J connectivity index is 2.03. The summed E-state index contributed by atoms with van der Waals surface area (Å²) in [7, 11) is 2.03. The number of ether oxygens (including phenoxy) is 1. The van der Waals surface area contributed by atoms with Gasteiger partial charge < -0.3 is 15.4 Å². The van der Waals surface area contributed by atoms with Gasteiger partial charge in [-0.3, -0.25) is 0 Å². The quantitative estimate of drug-likeness (QED) is 0.886. The molecule has 0 amide bonds. The van der Waals surface area contributed by atoms with E-state index in [0.29, 0.717) is 11.6 Å². The fourth-order valence-electron chi connectivity index (χ4n) is 2.03. The van der Waals surface area contributed by atoms with Gasteiger partial charge >= 0.3 is 0 Å². The summed E-state index contributed by atoms with van der Waals surface area (Å²) >= 11 is 0. The molecule has 1 aromatic carbocycles. The number of likely N-dealkylation sites (N-methyl/N-ethyl adjacent to an activating group) is 1. The summed E-state index contributed by atoms with van der Waals surface area (Å²) in [5.41, 5.74) is 7.79. The molecule has 112 valence electrons. The van der Waals surface area contributed by atoms with Crippen molar-refractivity contribution < 1.29 is 4.74 Å². The first kappa shape index (κ1) is 15.2. The molecule has 0 radical (unpaired) electrons. The van der Waals surface area contributed by atoms with Gasteiger partial charge in [0.25, 0.3) is 0 Å². The fraction of sp³-hybridized carbons (Fsp3) is 0.353. The maximum absolute atomic E-state index is 5.90. The number of rotatable bonds is 6. The van der Waals surface area contributed by atoms with Crippen LogP contribution in [0.4, 0.5) is 11.5 Å². The highest BCUT2D eigenvalue weighted by Crippen LogP contribution is 2.23. The number of aromatic nitrogens is 1. The number of benzene rings is 1. The lowest BCUT2D eigenvalue weighted by Gasteiger charge is -2.20. The number of hydrogen-bond donors (Lipinski definition) is 1. The van der Waals surface area contributed by atoms with Crippen molar-refractivity contribution in [2.75, 3.05) is 24.2 Å². The Morgan fingerprint density at radius 3 is 2.52 bits per heavy atom. The molecule has 0 aliphatic heterocycles. The summed E-state index contributed by atoms with van der Waals surface area (Å²) in [4.78, 5) is 6.61. The normalized spacial score (nSPS) is 10.7. The van der Waals surface area contributed by atoms with Crippen molar-refractivity contribution in [2.45, 2.75) is 26.4 Å². The van der Waals surface area contributed by atoms with Crippen LogP contribution in [0.1, 0.15) is 19.4 Å². The van der Waals surface area contributed by atoms with Crippen molar-refractivity contribution in [1.82, 2.24) is 4.98 Å². The zero-order valence-electron chi connectivity index (χ0n) is 12.9. The predicted octanol–water partition coefficient (Wildman–Crippen LogP) is 3.13. The fourth-order valence-corrected chi connectivity index (χ4v) is 2.03. The Morgan fingerprint density at radius 2 is 1.86 bits per heavy atom. The number of nitrogens with two attached hydrogens (primary N) is 1. The lowest BCUT2D eigenvalue weighted by Crippen LogP contribution is -2.22. The van der Waals surface area contributed by atoms with E-state index in [1.54, 1.807) is 0 Å². The van der Waals surface area contributed by atoms with Crippen molar-refractivity contribution in [2.24, 2.45) is 0 Å². The SMILES string of the molecule is CC(C)Oc1nc(N(C)CCc2ccccc2)ccc1N. The van der Waals surface area contributed by atoms with E-state index in [4.69, 9.17) is 10.5 Å². The van der Waals surface area contributed by atoms with Gasteiger partial charge in [0.05, 0.1) is 11.8 Å². The molecule has 2 rings (SSSR count). The lowest BCUT2D eigenvalue weighted by atomic mass is 10.1. The average molecular weight is 285 g/mol. The van der Waals surface area contributed by atoms with Crippen LogP contribution in [0.3, 0.4) is 0 Å². The molecule has 0 saturated heterocycles. The first-order chi connectivity index (χ1) is 10.1. The Bertz CT molecular complexity index is 570. The maximum Gasteiger partial charge on any atom is 0.239 e. The van der Waals surface area contributed by atoms with Crippen molar-refractivity contribution in [1.29, 1.82) is 0 Å². The van der Waals surface area contributed by atoms with Gasteiger partial charge in [-0.15, -0.1) is 0 Å². The third-order valence-electron chi connectivity index (χ3n) is 3.19. The number of anilines is 2. The minimum atomic E-state index is 0.0599. The Hall–Kier alpha value is -2.23. The molecule has 0 unspecified atom stereocenters. The number of pyridine rings is 1. The number of hydrogen-bond acceptors (Lipinski definition) is 4. The van der Waals surface area contributed by atoms with E-state index < -0.39 is 0 Å². The molecule has 1 heterocycles. The highest BCUT2D eigenvalue weighted by atomic mass is 16.5. The molecule has 2 aromatic rings. The molecule has 0 spiro atoms. The molecule has 0 aliphatic carbocycles. The van der Waals surface area contributed by atoms with Crippen LogP contribution in [0.25, 0.3) is 0 Å². The van der Waals surface area contributed by atoms with Crippen LogP contribution in [-0.4, -0.2) is 24.7 Å². The first-order valence-electron chi connectivity index (χ1n) is 7.24. The van der Waals surface area contributed by atoms with Crippen molar-refractivity contribution in [3.63, 3.8) is 0 Å². The summed E-state index contributed by atoms with van der Waals surface area (Å²) in [5.74, 6) is 1.38. The van der Waals surface area contributed by atoms with E-state index in [1.807, 2.05) is 39.1 Å². The van der Waals surface area contributed by atoms with Crippen molar-refractivity contribution in [3.05, 3.63) is 48.0 Å². The zero-order valence-corrected chi connectivity index (χ0v) is 12.9. The molecule has 0 fully saturated rings. The van der Waals surface area contributed by atoms with Gasteiger partial charge in [0, 0.05) is 13.6 Å². The van der Waals surface area contributed by atoms with E-state index in [0.717, 1.165) is 18.8 Å². The van der Waals surface area contributed by atoms with Gasteiger partial charge in [-0.05, 0) is 38.0 Å². The summed E-state index contributed by atoms with van der Waals surface area (Å²) in [5, 5.41) is 0. The topological polar surface area (TPSA) is 51.4 Å². The Labute approximate surface area is 126 Å². The highest BCUT2D eigenvalue weighted by molar-refractivity contribution is 5.54. The Morgan fingerprint density at radius 1 is 1.14 bits per heavy atom. The highest BCUT2D eigenvalue weighted by Gasteiger charge is 2.09. The van der Waals surface area contributed by atoms with Gasteiger partial charge in [0.2, 0.25) is 5.88 Å². The lowest BCUT2D eigenvalue weighted by molar-refractivity contribution is 0.234. The van der Waals surface area contributed by atoms with Crippen LogP contribution >= 0.6 is 0 Å². The molecule has 4 heteroatoms. The smallest absolute Gasteiger partial charge is 0.239 e. The molecule has 4 nitrogen and oxygen atoms in total. The summed E-state index contributed by atoms with van der Waals surface area (Å²) < 4.78 is 5.64.